The molecule has 0 aliphatic heterocycles. The largest absolute Gasteiger partial charge is 0.319 e. The molecule has 4 aliphatic carbocycles. The molecular weight excluding hydrogens is 396 g/mol. The van der Waals surface area contributed by atoms with Crippen LogP contribution in [0.25, 0.3) is 10.2 Å². The number of halogens is 1. The van der Waals surface area contributed by atoms with Gasteiger partial charge in [-0.15, -0.1) is 0 Å². The van der Waals surface area contributed by atoms with Gasteiger partial charge in [0, 0.05) is 17.8 Å². The summed E-state index contributed by atoms with van der Waals surface area (Å²) in [6.45, 7) is 0. The topological polar surface area (TPSA) is 34.4 Å². The van der Waals surface area contributed by atoms with Crippen LogP contribution >= 0.6 is 27.3 Å². The normalized spacial score (nSPS) is 37.1. The maximum Gasteiger partial charge on any atom is 0.248 e. The van der Waals surface area contributed by atoms with E-state index in [1.54, 1.807) is 11.3 Å². The van der Waals surface area contributed by atoms with Crippen molar-refractivity contribution in [2.45, 2.75) is 49.3 Å². The number of rotatable bonds is 2. The first-order valence-corrected chi connectivity index (χ1v) is 10.9. The zero-order valence-corrected chi connectivity index (χ0v) is 16.9. The van der Waals surface area contributed by atoms with Gasteiger partial charge in [-0.05, 0) is 67.9 Å². The lowest BCUT2D eigenvalue weighted by Gasteiger charge is -2.60. The van der Waals surface area contributed by atoms with Crippen LogP contribution in [-0.4, -0.2) is 14.8 Å². The minimum Gasteiger partial charge on any atom is -0.319 e. The van der Waals surface area contributed by atoms with Gasteiger partial charge in [-0.25, -0.2) is 0 Å². The summed E-state index contributed by atoms with van der Waals surface area (Å²) in [6, 6.07) is 8.25. The van der Waals surface area contributed by atoms with Crippen molar-refractivity contribution in [3.05, 3.63) is 29.1 Å². The van der Waals surface area contributed by atoms with Crippen molar-refractivity contribution in [3.63, 3.8) is 0 Å². The second kappa shape index (κ2) is 5.53. The molecule has 132 valence electrons. The molecule has 4 fully saturated rings. The van der Waals surface area contributed by atoms with Crippen LogP contribution in [0, 0.1) is 17.3 Å². The highest BCUT2D eigenvalue weighted by Gasteiger charge is 2.57. The van der Waals surface area contributed by atoms with E-state index in [2.05, 4.69) is 33.1 Å². The Morgan fingerprint density at radius 3 is 2.68 bits per heavy atom. The molecule has 5 heteroatoms. The molecule has 4 aliphatic rings. The van der Waals surface area contributed by atoms with Gasteiger partial charge in [0.2, 0.25) is 5.91 Å². The minimum atomic E-state index is 0.0696. The first-order chi connectivity index (χ1) is 11.9. The predicted octanol–water partition coefficient (Wildman–Crippen LogP) is 4.79. The lowest BCUT2D eigenvalue weighted by Crippen LogP contribution is -2.53. The van der Waals surface area contributed by atoms with E-state index < -0.39 is 0 Å². The quantitative estimate of drug-likeness (QED) is 0.645. The van der Waals surface area contributed by atoms with E-state index in [9.17, 15) is 4.79 Å². The maximum absolute atomic E-state index is 12.8. The Morgan fingerprint density at radius 2 is 2.00 bits per heavy atom. The van der Waals surface area contributed by atoms with Gasteiger partial charge in [-0.1, -0.05) is 39.4 Å². The molecule has 6 rings (SSSR count). The van der Waals surface area contributed by atoms with E-state index >= 15 is 0 Å². The van der Waals surface area contributed by atoms with Crippen molar-refractivity contribution in [1.82, 2.24) is 4.57 Å². The van der Waals surface area contributed by atoms with Gasteiger partial charge in [0.1, 0.15) is 0 Å². The smallest absolute Gasteiger partial charge is 0.248 e. The van der Waals surface area contributed by atoms with Gasteiger partial charge < -0.3 is 4.57 Å². The molecule has 4 bridgehead atoms. The van der Waals surface area contributed by atoms with Crippen LogP contribution in [0.15, 0.2) is 29.3 Å². The van der Waals surface area contributed by atoms with Crippen LogP contribution in [-0.2, 0) is 11.8 Å². The molecule has 3 nitrogen and oxygen atoms in total. The first-order valence-electron chi connectivity index (χ1n) is 9.25. The predicted molar refractivity (Wildman–Crippen MR) is 105 cm³/mol. The van der Waals surface area contributed by atoms with Crippen LogP contribution < -0.4 is 4.80 Å². The van der Waals surface area contributed by atoms with Crippen molar-refractivity contribution >= 4 is 43.4 Å². The number of alkyl halides is 1. The van der Waals surface area contributed by atoms with E-state index in [0.29, 0.717) is 10.7 Å². The molecule has 2 aromatic rings. The van der Waals surface area contributed by atoms with E-state index in [0.717, 1.165) is 28.6 Å². The summed E-state index contributed by atoms with van der Waals surface area (Å²) in [5.74, 6) is 1.70. The molecule has 1 aromatic carbocycles. The van der Waals surface area contributed by atoms with Crippen LogP contribution in [0.4, 0.5) is 0 Å². The number of benzene rings is 1. The average Bonchev–Trinajstić information content (AvgIpc) is 2.80. The number of hydrogen-bond donors (Lipinski definition) is 0. The van der Waals surface area contributed by atoms with Crippen molar-refractivity contribution in [2.75, 3.05) is 0 Å². The molecule has 0 saturated heterocycles. The lowest BCUT2D eigenvalue weighted by molar-refractivity contribution is -0.125. The van der Waals surface area contributed by atoms with E-state index in [1.807, 2.05) is 23.7 Å². The van der Waals surface area contributed by atoms with Crippen molar-refractivity contribution in [3.8, 4) is 0 Å². The van der Waals surface area contributed by atoms with Crippen molar-refractivity contribution in [2.24, 2.45) is 29.3 Å². The second-order valence-corrected chi connectivity index (χ2v) is 11.4. The standard InChI is InChI=1S/C20H23BrN2OS/c1-23-15-4-2-3-5-16(15)25-18(23)22-17(24)11-19-7-13-6-14(8-19)10-20(21,9-13)12-19/h2-5,13-14H,6-12H2,1H3/t13-,14+,19?,20?. The Bertz CT molecular complexity index is 913. The third-order valence-corrected chi connectivity index (χ3v) is 8.61. The molecule has 2 unspecified atom stereocenters. The highest BCUT2D eigenvalue weighted by Crippen LogP contribution is 2.65. The van der Waals surface area contributed by atoms with Crippen molar-refractivity contribution < 1.29 is 4.79 Å². The Hall–Kier alpha value is -0.940. The third kappa shape index (κ3) is 2.74. The average molecular weight is 419 g/mol. The third-order valence-electron chi connectivity index (χ3n) is 6.57. The number of carbonyl (C=O) groups is 1. The van der Waals surface area contributed by atoms with Gasteiger partial charge in [-0.2, -0.15) is 4.99 Å². The fourth-order valence-electron chi connectivity index (χ4n) is 6.20. The number of thiazole rings is 1. The fraction of sp³-hybridized carbons (Fsp3) is 0.600. The fourth-order valence-corrected chi connectivity index (χ4v) is 8.74. The van der Waals surface area contributed by atoms with E-state index in [4.69, 9.17) is 0 Å². The monoisotopic (exact) mass is 418 g/mol. The zero-order chi connectivity index (χ0) is 17.2. The number of para-hydroxylation sites is 1. The summed E-state index contributed by atoms with van der Waals surface area (Å²) in [4.78, 5) is 18.2. The number of aryl methyl sites for hydroxylation is 1. The number of fused-ring (bicyclic) bond motifs is 1. The molecule has 4 atom stereocenters. The molecule has 4 saturated carbocycles. The molecule has 0 radical (unpaired) electrons. The van der Waals surface area contributed by atoms with Crippen LogP contribution in [0.2, 0.25) is 0 Å². The molecule has 25 heavy (non-hydrogen) atoms. The summed E-state index contributed by atoms with van der Waals surface area (Å²) in [7, 11) is 2.00. The molecule has 0 N–H and O–H groups in total. The van der Waals surface area contributed by atoms with Gasteiger partial charge in [0.25, 0.3) is 0 Å². The minimum absolute atomic E-state index is 0.0696. The van der Waals surface area contributed by atoms with E-state index in [-0.39, 0.29) is 11.3 Å². The Morgan fingerprint density at radius 1 is 1.28 bits per heavy atom. The number of nitrogens with zero attached hydrogens (tertiary/aromatic N) is 2. The van der Waals surface area contributed by atoms with Gasteiger partial charge >= 0.3 is 0 Å². The van der Waals surface area contributed by atoms with Gasteiger partial charge in [0.15, 0.2) is 4.80 Å². The number of hydrogen-bond acceptors (Lipinski definition) is 2. The molecular formula is C20H23BrN2OS. The highest BCUT2D eigenvalue weighted by molar-refractivity contribution is 9.10. The van der Waals surface area contributed by atoms with Gasteiger partial charge in [0.05, 0.1) is 10.2 Å². The Balaban J connectivity index is 1.44. The van der Waals surface area contributed by atoms with Gasteiger partial charge in [-0.3, -0.25) is 4.79 Å². The Kier molecular flexibility index (Phi) is 3.59. The zero-order valence-electron chi connectivity index (χ0n) is 14.5. The molecule has 0 spiro atoms. The molecule has 1 heterocycles. The van der Waals surface area contributed by atoms with Crippen LogP contribution in [0.1, 0.15) is 44.9 Å². The highest BCUT2D eigenvalue weighted by atomic mass is 79.9. The second-order valence-electron chi connectivity index (χ2n) is 8.71. The number of amides is 1. The lowest BCUT2D eigenvalue weighted by atomic mass is 9.48. The van der Waals surface area contributed by atoms with Crippen LogP contribution in [0.5, 0.6) is 0 Å². The van der Waals surface area contributed by atoms with E-state index in [1.165, 1.54) is 36.8 Å². The number of aromatic nitrogens is 1. The SMILES string of the molecule is Cn1c(=NC(=O)CC23C[C@@H]4C[C@@H](CC(Br)(C4)C2)C3)sc2ccccc21. The summed E-state index contributed by atoms with van der Waals surface area (Å²) in [5, 5.41) is 0. The summed E-state index contributed by atoms with van der Waals surface area (Å²) >= 11 is 5.65. The first kappa shape index (κ1) is 16.2. The summed E-state index contributed by atoms with van der Waals surface area (Å²) < 4.78 is 3.54. The maximum atomic E-state index is 12.8. The summed E-state index contributed by atoms with van der Waals surface area (Å²) in [5.41, 5.74) is 1.34. The number of carbonyl (C=O) groups excluding carboxylic acids is 1. The molecule has 1 amide bonds. The van der Waals surface area contributed by atoms with Crippen molar-refractivity contribution in [1.29, 1.82) is 0 Å². The Labute approximate surface area is 160 Å². The summed E-state index contributed by atoms with van der Waals surface area (Å²) in [6.07, 6.45) is 8.25. The molecule has 1 aromatic heterocycles. The van der Waals surface area contributed by atoms with Crippen LogP contribution in [0.3, 0.4) is 0 Å².